The molecule has 0 spiro atoms. The van der Waals surface area contributed by atoms with Crippen LogP contribution in [0.2, 0.25) is 0 Å². The van der Waals surface area contributed by atoms with Crippen LogP contribution in [0.3, 0.4) is 0 Å². The van der Waals surface area contributed by atoms with Crippen molar-refractivity contribution >= 4 is 29.7 Å². The lowest BCUT2D eigenvalue weighted by atomic mass is 10.0. The highest BCUT2D eigenvalue weighted by Crippen LogP contribution is 2.05. The maximum atomic E-state index is 12.3. The molecule has 0 heterocycles. The fourth-order valence-corrected chi connectivity index (χ4v) is 2.12. The van der Waals surface area contributed by atoms with E-state index in [2.05, 4.69) is 16.0 Å². The van der Waals surface area contributed by atoms with E-state index >= 15 is 0 Å². The third-order valence-corrected chi connectivity index (χ3v) is 3.56. The van der Waals surface area contributed by atoms with Gasteiger partial charge in [-0.3, -0.25) is 19.2 Å². The fourth-order valence-electron chi connectivity index (χ4n) is 2.12. The molecular formula is C16H28N4O8. The number of aliphatic carboxylic acids is 2. The summed E-state index contributed by atoms with van der Waals surface area (Å²) < 4.78 is 0. The zero-order chi connectivity index (χ0) is 22.0. The Morgan fingerprint density at radius 3 is 1.68 bits per heavy atom. The van der Waals surface area contributed by atoms with Gasteiger partial charge in [-0.2, -0.15) is 0 Å². The second-order valence-corrected chi connectivity index (χ2v) is 6.72. The van der Waals surface area contributed by atoms with Crippen molar-refractivity contribution in [3.8, 4) is 0 Å². The monoisotopic (exact) mass is 404 g/mol. The Morgan fingerprint density at radius 1 is 0.821 bits per heavy atom. The van der Waals surface area contributed by atoms with Crippen molar-refractivity contribution in [2.45, 2.75) is 57.8 Å². The molecule has 0 bridgehead atoms. The van der Waals surface area contributed by atoms with Gasteiger partial charge < -0.3 is 37.0 Å². The quantitative estimate of drug-likeness (QED) is 0.181. The highest BCUT2D eigenvalue weighted by Gasteiger charge is 2.30. The van der Waals surface area contributed by atoms with Crippen LogP contribution >= 0.6 is 0 Å². The summed E-state index contributed by atoms with van der Waals surface area (Å²) in [6.45, 7) is 3.97. The smallest absolute Gasteiger partial charge is 0.326 e. The van der Waals surface area contributed by atoms with Gasteiger partial charge in [-0.15, -0.1) is 0 Å². The van der Waals surface area contributed by atoms with Gasteiger partial charge in [0.15, 0.2) is 0 Å². The predicted octanol–water partition coefficient (Wildman–Crippen LogP) is -2.61. The van der Waals surface area contributed by atoms with Crippen LogP contribution in [0.5, 0.6) is 0 Å². The minimum atomic E-state index is -1.54. The van der Waals surface area contributed by atoms with E-state index in [-0.39, 0.29) is 12.3 Å². The summed E-state index contributed by atoms with van der Waals surface area (Å²) in [5.41, 5.74) is 5.36. The number of aliphatic hydroxyl groups is 1. The standard InChI is InChI=1S/C16H28N4O8/c1-7(2)4-10(16(27)28)19-15(26)11(6-21)20-14(25)9(5-12(22)23)18-13(24)8(3)17/h7-11,21H,4-6,17H2,1-3H3,(H,18,24)(H,19,26)(H,20,25)(H,22,23)(H,27,28). The maximum Gasteiger partial charge on any atom is 0.326 e. The Balaban J connectivity index is 5.17. The molecule has 0 saturated heterocycles. The fraction of sp³-hybridized carbons (Fsp3) is 0.688. The molecule has 0 rings (SSSR count). The van der Waals surface area contributed by atoms with Crippen LogP contribution in [0.4, 0.5) is 0 Å². The topological polar surface area (TPSA) is 208 Å². The summed E-state index contributed by atoms with van der Waals surface area (Å²) in [7, 11) is 0. The van der Waals surface area contributed by atoms with E-state index in [0.717, 1.165) is 0 Å². The minimum absolute atomic E-state index is 0.0445. The molecule has 0 aromatic rings. The number of hydrogen-bond donors (Lipinski definition) is 7. The first kappa shape index (κ1) is 25.3. The number of hydrogen-bond acceptors (Lipinski definition) is 7. The third-order valence-electron chi connectivity index (χ3n) is 3.56. The van der Waals surface area contributed by atoms with Crippen molar-refractivity contribution in [2.24, 2.45) is 11.7 Å². The Labute approximate surface area is 161 Å². The number of nitrogens with one attached hydrogen (secondary N) is 3. The molecule has 0 fully saturated rings. The average molecular weight is 404 g/mol. The van der Waals surface area contributed by atoms with Crippen molar-refractivity contribution in [2.75, 3.05) is 6.61 Å². The number of carboxylic acids is 2. The van der Waals surface area contributed by atoms with E-state index in [1.54, 1.807) is 13.8 Å². The van der Waals surface area contributed by atoms with Gasteiger partial charge in [-0.05, 0) is 19.3 Å². The van der Waals surface area contributed by atoms with Crippen molar-refractivity contribution in [3.63, 3.8) is 0 Å². The van der Waals surface area contributed by atoms with Crippen molar-refractivity contribution in [1.29, 1.82) is 0 Å². The first-order chi connectivity index (χ1) is 12.9. The lowest BCUT2D eigenvalue weighted by Crippen LogP contribution is -2.58. The van der Waals surface area contributed by atoms with Crippen LogP contribution in [0.15, 0.2) is 0 Å². The molecule has 0 radical (unpaired) electrons. The summed E-state index contributed by atoms with van der Waals surface area (Å²) in [6.07, 6.45) is -0.658. The molecule has 160 valence electrons. The molecule has 0 saturated carbocycles. The molecule has 0 aliphatic rings. The molecule has 4 unspecified atom stereocenters. The lowest BCUT2D eigenvalue weighted by molar-refractivity contribution is -0.143. The van der Waals surface area contributed by atoms with Crippen molar-refractivity contribution < 1.29 is 39.3 Å². The average Bonchev–Trinajstić information content (AvgIpc) is 2.56. The van der Waals surface area contributed by atoms with E-state index in [1.807, 2.05) is 0 Å². The van der Waals surface area contributed by atoms with Crippen molar-refractivity contribution in [3.05, 3.63) is 0 Å². The highest BCUT2D eigenvalue weighted by molar-refractivity contribution is 5.95. The first-order valence-corrected chi connectivity index (χ1v) is 8.61. The number of rotatable bonds is 12. The third kappa shape index (κ3) is 9.28. The van der Waals surface area contributed by atoms with Crippen LogP contribution in [0.1, 0.15) is 33.6 Å². The van der Waals surface area contributed by atoms with Gasteiger partial charge in [0.2, 0.25) is 17.7 Å². The normalized spacial score (nSPS) is 15.1. The largest absolute Gasteiger partial charge is 0.481 e. The van der Waals surface area contributed by atoms with Crippen LogP contribution < -0.4 is 21.7 Å². The van der Waals surface area contributed by atoms with Crippen molar-refractivity contribution in [1.82, 2.24) is 16.0 Å². The van der Waals surface area contributed by atoms with Crippen LogP contribution in [-0.4, -0.2) is 75.8 Å². The van der Waals surface area contributed by atoms with Crippen LogP contribution in [-0.2, 0) is 24.0 Å². The summed E-state index contributed by atoms with van der Waals surface area (Å²) in [5, 5.41) is 33.9. The van der Waals surface area contributed by atoms with Gasteiger partial charge in [0.1, 0.15) is 18.1 Å². The van der Waals surface area contributed by atoms with Gasteiger partial charge in [0, 0.05) is 0 Å². The molecule has 12 nitrogen and oxygen atoms in total. The number of aliphatic hydroxyl groups excluding tert-OH is 1. The van der Waals surface area contributed by atoms with E-state index in [0.29, 0.717) is 0 Å². The molecule has 0 aliphatic heterocycles. The number of carbonyl (C=O) groups excluding carboxylic acids is 3. The number of nitrogens with two attached hydrogens (primary N) is 1. The molecule has 0 aromatic heterocycles. The Morgan fingerprint density at radius 2 is 1.29 bits per heavy atom. The van der Waals surface area contributed by atoms with Gasteiger partial charge in [0.25, 0.3) is 0 Å². The SMILES string of the molecule is CC(C)CC(NC(=O)C(CO)NC(=O)C(CC(=O)O)NC(=O)C(C)N)C(=O)O. The van der Waals surface area contributed by atoms with Crippen LogP contribution in [0.25, 0.3) is 0 Å². The Bertz CT molecular complexity index is 593. The highest BCUT2D eigenvalue weighted by atomic mass is 16.4. The van der Waals surface area contributed by atoms with Gasteiger partial charge in [-0.25, -0.2) is 4.79 Å². The number of amides is 3. The molecule has 12 heteroatoms. The van der Waals surface area contributed by atoms with Gasteiger partial charge >= 0.3 is 11.9 Å². The molecule has 8 N–H and O–H groups in total. The van der Waals surface area contributed by atoms with Gasteiger partial charge in [-0.1, -0.05) is 13.8 Å². The zero-order valence-electron chi connectivity index (χ0n) is 16.0. The van der Waals surface area contributed by atoms with Crippen LogP contribution in [0, 0.1) is 5.92 Å². The van der Waals surface area contributed by atoms with E-state index in [1.165, 1.54) is 6.92 Å². The Kier molecular flexibility index (Phi) is 10.7. The molecule has 28 heavy (non-hydrogen) atoms. The van der Waals surface area contributed by atoms with E-state index < -0.39 is 66.9 Å². The van der Waals surface area contributed by atoms with E-state index in [9.17, 15) is 29.1 Å². The molecule has 3 amide bonds. The molecule has 0 aromatic carbocycles. The summed E-state index contributed by atoms with van der Waals surface area (Å²) >= 11 is 0. The Hall–Kier alpha value is -2.73. The minimum Gasteiger partial charge on any atom is -0.481 e. The van der Waals surface area contributed by atoms with Gasteiger partial charge in [0.05, 0.1) is 19.1 Å². The first-order valence-electron chi connectivity index (χ1n) is 8.61. The summed E-state index contributed by atoms with van der Waals surface area (Å²) in [5.74, 6) is -5.50. The summed E-state index contributed by atoms with van der Waals surface area (Å²) in [6, 6.07) is -5.31. The summed E-state index contributed by atoms with van der Waals surface area (Å²) in [4.78, 5) is 58.3. The predicted molar refractivity (Wildman–Crippen MR) is 95.9 cm³/mol. The molecular weight excluding hydrogens is 376 g/mol. The second kappa shape index (κ2) is 11.9. The number of carbonyl (C=O) groups is 5. The maximum absolute atomic E-state index is 12.3. The van der Waals surface area contributed by atoms with E-state index in [4.69, 9.17) is 15.9 Å². The number of carboxylic acid groups (broad SMARTS) is 2. The second-order valence-electron chi connectivity index (χ2n) is 6.72. The molecule has 0 aliphatic carbocycles. The zero-order valence-corrected chi connectivity index (χ0v) is 16.0. The lowest BCUT2D eigenvalue weighted by Gasteiger charge is -2.23. The molecule has 4 atom stereocenters.